The Balaban J connectivity index is 1.65. The number of aromatic nitrogens is 1. The third kappa shape index (κ3) is 3.68. The number of carbonyl (C=O) groups is 2. The highest BCUT2D eigenvalue weighted by Crippen LogP contribution is 2.29. The van der Waals surface area contributed by atoms with Crippen molar-refractivity contribution in [2.24, 2.45) is 0 Å². The van der Waals surface area contributed by atoms with Crippen LogP contribution in [0.25, 0.3) is 10.9 Å². The van der Waals surface area contributed by atoms with Crippen LogP contribution in [0.5, 0.6) is 0 Å². The van der Waals surface area contributed by atoms with E-state index >= 15 is 0 Å². The van der Waals surface area contributed by atoms with Crippen molar-refractivity contribution in [3.63, 3.8) is 0 Å². The van der Waals surface area contributed by atoms with E-state index in [0.29, 0.717) is 25.9 Å². The van der Waals surface area contributed by atoms with Gasteiger partial charge in [-0.05, 0) is 42.7 Å². The number of carboxylic acid groups (broad SMARTS) is 1. The SMILES string of the molecule is Cc1ccc(NC(=O)Cn2c3c(c4ccccc42)CCN(C(=O)O)CC3)c(F)c1. The zero-order chi connectivity index (χ0) is 20.5. The van der Waals surface area contributed by atoms with E-state index in [1.807, 2.05) is 28.8 Å². The van der Waals surface area contributed by atoms with E-state index in [9.17, 15) is 19.1 Å². The molecule has 0 bridgehead atoms. The molecule has 0 saturated carbocycles. The molecule has 0 atom stereocenters. The molecule has 6 nitrogen and oxygen atoms in total. The van der Waals surface area contributed by atoms with Crippen LogP contribution in [0.4, 0.5) is 14.9 Å². The molecule has 3 aromatic rings. The lowest BCUT2D eigenvalue weighted by Crippen LogP contribution is -2.32. The maximum atomic E-state index is 14.1. The minimum absolute atomic E-state index is 0.0379. The number of amides is 2. The lowest BCUT2D eigenvalue weighted by molar-refractivity contribution is -0.116. The number of anilines is 1. The topological polar surface area (TPSA) is 74.6 Å². The number of aryl methyl sites for hydroxylation is 1. The third-order valence-corrected chi connectivity index (χ3v) is 5.42. The van der Waals surface area contributed by atoms with Crippen LogP contribution in [0, 0.1) is 12.7 Å². The Labute approximate surface area is 167 Å². The van der Waals surface area contributed by atoms with Crippen molar-refractivity contribution in [1.29, 1.82) is 0 Å². The van der Waals surface area contributed by atoms with Gasteiger partial charge in [0.15, 0.2) is 0 Å². The van der Waals surface area contributed by atoms with E-state index in [4.69, 9.17) is 0 Å². The number of halogens is 1. The van der Waals surface area contributed by atoms with Crippen molar-refractivity contribution in [3.8, 4) is 0 Å². The minimum Gasteiger partial charge on any atom is -0.465 e. The largest absolute Gasteiger partial charge is 0.465 e. The molecule has 0 radical (unpaired) electrons. The zero-order valence-electron chi connectivity index (χ0n) is 16.1. The predicted octanol–water partition coefficient (Wildman–Crippen LogP) is 3.81. The smallest absolute Gasteiger partial charge is 0.407 e. The third-order valence-electron chi connectivity index (χ3n) is 5.42. The first kappa shape index (κ1) is 19.0. The highest BCUT2D eigenvalue weighted by molar-refractivity contribution is 5.93. The Morgan fingerprint density at radius 3 is 2.66 bits per heavy atom. The number of benzene rings is 2. The summed E-state index contributed by atoms with van der Waals surface area (Å²) in [6, 6.07) is 12.5. The molecule has 4 rings (SSSR count). The first-order valence-electron chi connectivity index (χ1n) is 9.57. The molecule has 2 aromatic carbocycles. The molecule has 150 valence electrons. The number of fused-ring (bicyclic) bond motifs is 3. The Morgan fingerprint density at radius 1 is 1.14 bits per heavy atom. The van der Waals surface area contributed by atoms with Gasteiger partial charge in [0.2, 0.25) is 5.91 Å². The second-order valence-electron chi connectivity index (χ2n) is 7.33. The lowest BCUT2D eigenvalue weighted by Gasteiger charge is -2.16. The number of hydrogen-bond acceptors (Lipinski definition) is 2. The van der Waals surface area contributed by atoms with Crippen LogP contribution in [0.15, 0.2) is 42.5 Å². The Kier molecular flexibility index (Phi) is 4.96. The van der Waals surface area contributed by atoms with Gasteiger partial charge in [0.1, 0.15) is 12.4 Å². The molecule has 2 amide bonds. The number of nitrogens with zero attached hydrogens (tertiary/aromatic N) is 2. The summed E-state index contributed by atoms with van der Waals surface area (Å²) < 4.78 is 16.0. The Hall–Kier alpha value is -3.35. The molecule has 0 spiro atoms. The maximum absolute atomic E-state index is 14.1. The predicted molar refractivity (Wildman–Crippen MR) is 109 cm³/mol. The average molecular weight is 395 g/mol. The fourth-order valence-corrected chi connectivity index (χ4v) is 4.02. The van der Waals surface area contributed by atoms with Crippen LogP contribution < -0.4 is 5.32 Å². The van der Waals surface area contributed by atoms with Gasteiger partial charge in [-0.15, -0.1) is 0 Å². The maximum Gasteiger partial charge on any atom is 0.407 e. The number of rotatable bonds is 3. The van der Waals surface area contributed by atoms with Crippen molar-refractivity contribution in [2.75, 3.05) is 18.4 Å². The van der Waals surface area contributed by atoms with Crippen LogP contribution in [0.1, 0.15) is 16.8 Å². The van der Waals surface area contributed by atoms with Crippen molar-refractivity contribution >= 4 is 28.6 Å². The molecular formula is C22H22FN3O3. The summed E-state index contributed by atoms with van der Waals surface area (Å²) in [4.78, 5) is 25.5. The van der Waals surface area contributed by atoms with E-state index in [0.717, 1.165) is 27.7 Å². The molecule has 1 aromatic heterocycles. The minimum atomic E-state index is -0.932. The number of nitrogens with one attached hydrogen (secondary N) is 1. The van der Waals surface area contributed by atoms with Crippen LogP contribution in [0.2, 0.25) is 0 Å². The summed E-state index contributed by atoms with van der Waals surface area (Å²) in [7, 11) is 0. The Morgan fingerprint density at radius 2 is 1.90 bits per heavy atom. The van der Waals surface area contributed by atoms with Gasteiger partial charge in [-0.2, -0.15) is 0 Å². The van der Waals surface area contributed by atoms with E-state index < -0.39 is 11.9 Å². The fraction of sp³-hybridized carbons (Fsp3) is 0.273. The molecule has 7 heteroatoms. The second-order valence-corrected chi connectivity index (χ2v) is 7.33. The first-order chi connectivity index (χ1) is 13.9. The van der Waals surface area contributed by atoms with Gasteiger partial charge in [0.25, 0.3) is 0 Å². The number of para-hydroxylation sites is 1. The molecular weight excluding hydrogens is 373 g/mol. The molecule has 2 heterocycles. The molecule has 0 fully saturated rings. The highest BCUT2D eigenvalue weighted by Gasteiger charge is 2.24. The van der Waals surface area contributed by atoms with Crippen molar-refractivity contribution < 1.29 is 19.1 Å². The van der Waals surface area contributed by atoms with Crippen LogP contribution in [-0.4, -0.2) is 39.7 Å². The molecule has 0 unspecified atom stereocenters. The molecule has 1 aliphatic rings. The molecule has 29 heavy (non-hydrogen) atoms. The molecule has 0 aliphatic carbocycles. The second kappa shape index (κ2) is 7.58. The van der Waals surface area contributed by atoms with Gasteiger partial charge in [-0.25, -0.2) is 9.18 Å². The summed E-state index contributed by atoms with van der Waals surface area (Å²) in [6.45, 7) is 2.64. The van der Waals surface area contributed by atoms with Crippen LogP contribution >= 0.6 is 0 Å². The van der Waals surface area contributed by atoms with E-state index in [-0.39, 0.29) is 18.1 Å². The van der Waals surface area contributed by atoms with Gasteiger partial charge in [0.05, 0.1) is 5.69 Å². The summed E-state index contributed by atoms with van der Waals surface area (Å²) in [5.41, 5.74) is 3.92. The van der Waals surface area contributed by atoms with Crippen LogP contribution in [-0.2, 0) is 24.2 Å². The monoisotopic (exact) mass is 395 g/mol. The molecule has 0 saturated heterocycles. The first-order valence-corrected chi connectivity index (χ1v) is 9.57. The summed E-state index contributed by atoms with van der Waals surface area (Å²) >= 11 is 0. The zero-order valence-corrected chi connectivity index (χ0v) is 16.1. The number of hydrogen-bond donors (Lipinski definition) is 2. The van der Waals surface area contributed by atoms with Gasteiger partial charge < -0.3 is 19.9 Å². The summed E-state index contributed by atoms with van der Waals surface area (Å²) in [6.07, 6.45) is 0.199. The van der Waals surface area contributed by atoms with Crippen LogP contribution in [0.3, 0.4) is 0 Å². The van der Waals surface area contributed by atoms with Crippen molar-refractivity contribution in [3.05, 3.63) is 65.1 Å². The fourth-order valence-electron chi connectivity index (χ4n) is 4.02. The standard InChI is InChI=1S/C22H22FN3O3/c1-14-6-7-18(17(23)12-14)24-21(27)13-26-19-5-3-2-4-15(19)16-8-10-25(22(28)29)11-9-20(16)26/h2-7,12H,8-11,13H2,1H3,(H,24,27)(H,28,29). The quantitative estimate of drug-likeness (QED) is 0.708. The average Bonchev–Trinajstić information content (AvgIpc) is 2.83. The van der Waals surface area contributed by atoms with Crippen molar-refractivity contribution in [2.45, 2.75) is 26.3 Å². The molecule has 1 aliphatic heterocycles. The van der Waals surface area contributed by atoms with Gasteiger partial charge in [0, 0.05) is 36.1 Å². The van der Waals surface area contributed by atoms with E-state index in [1.165, 1.54) is 11.0 Å². The molecule has 2 N–H and O–H groups in total. The Bertz CT molecular complexity index is 1110. The van der Waals surface area contributed by atoms with E-state index in [2.05, 4.69) is 5.32 Å². The van der Waals surface area contributed by atoms with Gasteiger partial charge in [-0.1, -0.05) is 24.3 Å². The van der Waals surface area contributed by atoms with Gasteiger partial charge >= 0.3 is 6.09 Å². The summed E-state index contributed by atoms with van der Waals surface area (Å²) in [5.74, 6) is -0.790. The lowest BCUT2D eigenvalue weighted by atomic mass is 10.1. The number of carbonyl (C=O) groups excluding carboxylic acids is 1. The normalized spacial score (nSPS) is 13.8. The van der Waals surface area contributed by atoms with Gasteiger partial charge in [-0.3, -0.25) is 4.79 Å². The summed E-state index contributed by atoms with van der Waals surface area (Å²) in [5, 5.41) is 13.0. The highest BCUT2D eigenvalue weighted by atomic mass is 19.1. The van der Waals surface area contributed by atoms with Crippen molar-refractivity contribution in [1.82, 2.24) is 9.47 Å². The van der Waals surface area contributed by atoms with E-state index in [1.54, 1.807) is 19.1 Å².